The van der Waals surface area contributed by atoms with Crippen LogP contribution in [0.2, 0.25) is 0 Å². The molecule has 0 atom stereocenters. The summed E-state index contributed by atoms with van der Waals surface area (Å²) < 4.78 is 0. The molecule has 2 aliphatic rings. The minimum atomic E-state index is -1.64. The van der Waals surface area contributed by atoms with Crippen LogP contribution in [0.3, 0.4) is 0 Å². The van der Waals surface area contributed by atoms with Gasteiger partial charge >= 0.3 is 5.97 Å². The molecule has 2 aromatic rings. The van der Waals surface area contributed by atoms with Crippen LogP contribution in [0.5, 0.6) is 0 Å². The Bertz CT molecular complexity index is 1170. The first kappa shape index (κ1) is 33.2. The average molecular weight is 590 g/mol. The zero-order valence-corrected chi connectivity index (χ0v) is 28.3. The van der Waals surface area contributed by atoms with Crippen LogP contribution in [0.4, 0.5) is 0 Å². The molecule has 43 heavy (non-hydrogen) atoms. The molecule has 2 saturated heterocycles. The van der Waals surface area contributed by atoms with Gasteiger partial charge in [0.1, 0.15) is 0 Å². The lowest BCUT2D eigenvalue weighted by Crippen LogP contribution is -2.69. The van der Waals surface area contributed by atoms with E-state index in [1.54, 1.807) is 0 Å². The summed E-state index contributed by atoms with van der Waals surface area (Å²) in [4.78, 5) is 36.2. The number of rotatable bonds is 8. The standard InChI is InChI=1S/C37H55N3O3/c1-33(2)23-29(24-34(3,4)38(33)9)40(30-25-35(5,6)39(10)36(7,8)26-30)31(41)37(32(42)43,21-27-17-13-11-14-18-27)22-28-19-15-12-16-20-28/h11-20,29-30H,21-26H2,1-10H3,(H,42,43). The van der Waals surface area contributed by atoms with Gasteiger partial charge in [0.25, 0.3) is 0 Å². The second-order valence-electron chi connectivity index (χ2n) is 15.9. The fourth-order valence-corrected chi connectivity index (χ4v) is 8.25. The van der Waals surface area contributed by atoms with Crippen LogP contribution >= 0.6 is 0 Å². The molecule has 4 rings (SSSR count). The molecule has 0 aromatic heterocycles. The fraction of sp³-hybridized carbons (Fsp3) is 0.622. The Morgan fingerprint density at radius 2 is 0.977 bits per heavy atom. The van der Waals surface area contributed by atoms with E-state index in [1.165, 1.54) is 0 Å². The number of piperidine rings is 2. The summed E-state index contributed by atoms with van der Waals surface area (Å²) in [6, 6.07) is 19.2. The first-order chi connectivity index (χ1) is 19.8. The van der Waals surface area contributed by atoms with Crippen molar-refractivity contribution in [1.29, 1.82) is 0 Å². The second kappa shape index (κ2) is 11.7. The lowest BCUT2D eigenvalue weighted by molar-refractivity contribution is -0.170. The van der Waals surface area contributed by atoms with Crippen molar-refractivity contribution in [1.82, 2.24) is 14.7 Å². The molecule has 0 aliphatic carbocycles. The quantitative estimate of drug-likeness (QED) is 0.348. The summed E-state index contributed by atoms with van der Waals surface area (Å²) in [7, 11) is 4.35. The number of carboxylic acid groups (broad SMARTS) is 1. The third kappa shape index (κ3) is 6.56. The molecule has 2 aliphatic heterocycles. The molecule has 0 radical (unpaired) electrons. The maximum absolute atomic E-state index is 15.5. The monoisotopic (exact) mass is 589 g/mol. The van der Waals surface area contributed by atoms with Crippen LogP contribution in [0.15, 0.2) is 60.7 Å². The van der Waals surface area contributed by atoms with E-state index in [4.69, 9.17) is 0 Å². The van der Waals surface area contributed by atoms with Gasteiger partial charge in [-0.25, -0.2) is 0 Å². The number of carboxylic acids is 1. The molecular formula is C37H55N3O3. The molecule has 6 nitrogen and oxygen atoms in total. The highest BCUT2D eigenvalue weighted by Gasteiger charge is 2.56. The highest BCUT2D eigenvalue weighted by Crippen LogP contribution is 2.46. The molecule has 6 heteroatoms. The number of hydrogen-bond acceptors (Lipinski definition) is 4. The van der Waals surface area contributed by atoms with Crippen molar-refractivity contribution in [3.63, 3.8) is 0 Å². The Morgan fingerprint density at radius 1 is 0.674 bits per heavy atom. The van der Waals surface area contributed by atoms with Gasteiger partial charge in [-0.15, -0.1) is 0 Å². The summed E-state index contributed by atoms with van der Waals surface area (Å²) in [5, 5.41) is 11.2. The lowest BCUT2D eigenvalue weighted by Gasteiger charge is -2.60. The summed E-state index contributed by atoms with van der Waals surface area (Å²) >= 11 is 0. The van der Waals surface area contributed by atoms with Crippen LogP contribution in [-0.4, -0.2) is 80.0 Å². The Balaban J connectivity index is 1.91. The van der Waals surface area contributed by atoms with E-state index >= 15 is 4.79 Å². The van der Waals surface area contributed by atoms with Crippen molar-refractivity contribution < 1.29 is 14.7 Å². The van der Waals surface area contributed by atoms with Crippen LogP contribution in [0, 0.1) is 5.41 Å². The van der Waals surface area contributed by atoms with E-state index in [1.807, 2.05) is 60.7 Å². The molecule has 2 heterocycles. The molecule has 1 N–H and O–H groups in total. The van der Waals surface area contributed by atoms with E-state index < -0.39 is 11.4 Å². The lowest BCUT2D eigenvalue weighted by atomic mass is 9.70. The predicted octanol–water partition coefficient (Wildman–Crippen LogP) is 6.67. The number of hydrogen-bond donors (Lipinski definition) is 1. The average Bonchev–Trinajstić information content (AvgIpc) is 2.90. The molecule has 1 amide bonds. The van der Waals surface area contributed by atoms with Gasteiger partial charge in [-0.1, -0.05) is 60.7 Å². The fourth-order valence-electron chi connectivity index (χ4n) is 8.25. The Morgan fingerprint density at radius 3 is 1.26 bits per heavy atom. The zero-order valence-electron chi connectivity index (χ0n) is 28.3. The van der Waals surface area contributed by atoms with Gasteiger partial charge < -0.3 is 10.0 Å². The van der Waals surface area contributed by atoms with E-state index in [9.17, 15) is 9.90 Å². The number of benzene rings is 2. The predicted molar refractivity (Wildman–Crippen MR) is 175 cm³/mol. The molecule has 0 unspecified atom stereocenters. The zero-order chi connectivity index (χ0) is 32.0. The van der Waals surface area contributed by atoms with Crippen LogP contribution in [0.25, 0.3) is 0 Å². The van der Waals surface area contributed by atoms with E-state index in [-0.39, 0.29) is 53.0 Å². The van der Waals surface area contributed by atoms with E-state index in [2.05, 4.69) is 84.2 Å². The van der Waals surface area contributed by atoms with Gasteiger partial charge in [0.05, 0.1) is 0 Å². The molecule has 0 spiro atoms. The Kier molecular flexibility index (Phi) is 9.01. The van der Waals surface area contributed by atoms with Gasteiger partial charge in [-0.2, -0.15) is 0 Å². The normalized spacial score (nSPS) is 22.7. The van der Waals surface area contributed by atoms with Crippen molar-refractivity contribution in [2.75, 3.05) is 14.1 Å². The van der Waals surface area contributed by atoms with Crippen LogP contribution < -0.4 is 0 Å². The maximum Gasteiger partial charge on any atom is 0.319 e. The Labute approximate surface area is 260 Å². The van der Waals surface area contributed by atoms with Gasteiger partial charge in [0, 0.05) is 34.2 Å². The summed E-state index contributed by atoms with van der Waals surface area (Å²) in [6.07, 6.45) is 3.45. The first-order valence-electron chi connectivity index (χ1n) is 15.9. The van der Waals surface area contributed by atoms with Crippen LogP contribution in [0.1, 0.15) is 92.2 Å². The van der Waals surface area contributed by atoms with Crippen LogP contribution in [-0.2, 0) is 22.4 Å². The molecule has 0 bridgehead atoms. The van der Waals surface area contributed by atoms with Gasteiger partial charge in [-0.3, -0.25) is 19.4 Å². The molecular weight excluding hydrogens is 534 g/mol. The van der Waals surface area contributed by atoms with Crippen molar-refractivity contribution in [3.05, 3.63) is 71.8 Å². The summed E-state index contributed by atoms with van der Waals surface area (Å²) in [5.41, 5.74) is -0.557. The molecule has 2 fully saturated rings. The summed E-state index contributed by atoms with van der Waals surface area (Å²) in [6.45, 7) is 18.0. The maximum atomic E-state index is 15.5. The second-order valence-corrected chi connectivity index (χ2v) is 15.9. The van der Waals surface area contributed by atoms with Crippen molar-refractivity contribution in [2.24, 2.45) is 5.41 Å². The highest BCUT2D eigenvalue weighted by atomic mass is 16.4. The number of carbonyl (C=O) groups is 2. The Hall–Kier alpha value is -2.70. The SMILES string of the molecule is CN1C(C)(C)CC(N(C(=O)C(Cc2ccccc2)(Cc2ccccc2)C(=O)O)C2CC(C)(C)N(C)C(C)(C)C2)CC1(C)C. The van der Waals surface area contributed by atoms with E-state index in [0.29, 0.717) is 0 Å². The minimum Gasteiger partial charge on any atom is -0.480 e. The number of amides is 1. The van der Waals surface area contributed by atoms with Gasteiger partial charge in [0.15, 0.2) is 5.41 Å². The van der Waals surface area contributed by atoms with Crippen molar-refractivity contribution in [2.45, 2.75) is 128 Å². The van der Waals surface area contributed by atoms with Gasteiger partial charge in [-0.05, 0) is 119 Å². The number of carbonyl (C=O) groups excluding carboxylic acids is 1. The van der Waals surface area contributed by atoms with Crippen molar-refractivity contribution in [3.8, 4) is 0 Å². The molecule has 2 aromatic carbocycles. The minimum absolute atomic E-state index is 0.0843. The molecule has 236 valence electrons. The largest absolute Gasteiger partial charge is 0.480 e. The third-order valence-electron chi connectivity index (χ3n) is 11.1. The number of likely N-dealkylation sites (tertiary alicyclic amines) is 2. The van der Waals surface area contributed by atoms with E-state index in [0.717, 1.165) is 36.8 Å². The third-order valence-corrected chi connectivity index (χ3v) is 11.1. The smallest absolute Gasteiger partial charge is 0.319 e. The number of nitrogens with zero attached hydrogens (tertiary/aromatic N) is 3. The number of aliphatic carboxylic acids is 1. The topological polar surface area (TPSA) is 64.1 Å². The van der Waals surface area contributed by atoms with Gasteiger partial charge in [0.2, 0.25) is 5.91 Å². The van der Waals surface area contributed by atoms with Crippen molar-refractivity contribution >= 4 is 11.9 Å². The molecule has 0 saturated carbocycles. The summed E-state index contributed by atoms with van der Waals surface area (Å²) in [5.74, 6) is -1.29. The highest BCUT2D eigenvalue weighted by molar-refractivity contribution is 6.03. The first-order valence-corrected chi connectivity index (χ1v) is 15.9.